The Labute approximate surface area is 111 Å². The van der Waals surface area contributed by atoms with Crippen LogP contribution in [0.2, 0.25) is 0 Å². The molecule has 0 bridgehead atoms. The fourth-order valence-corrected chi connectivity index (χ4v) is 2.68. The third kappa shape index (κ3) is 3.26. The highest BCUT2D eigenvalue weighted by Crippen LogP contribution is 2.42. The van der Waals surface area contributed by atoms with Gasteiger partial charge in [0.05, 0.1) is 7.11 Å². The van der Waals surface area contributed by atoms with Crippen molar-refractivity contribution in [1.29, 1.82) is 0 Å². The summed E-state index contributed by atoms with van der Waals surface area (Å²) in [5, 5.41) is 3.58. The lowest BCUT2D eigenvalue weighted by Crippen LogP contribution is -2.35. The van der Waals surface area contributed by atoms with Crippen LogP contribution < -0.4 is 10.1 Å². The highest BCUT2D eigenvalue weighted by molar-refractivity contribution is 5.32. The topological polar surface area (TPSA) is 21.3 Å². The lowest BCUT2D eigenvalue weighted by molar-refractivity contribution is 0.243. The molecule has 1 N–H and O–H groups in total. The highest BCUT2D eigenvalue weighted by Gasteiger charge is 2.31. The summed E-state index contributed by atoms with van der Waals surface area (Å²) >= 11 is 0. The van der Waals surface area contributed by atoms with E-state index < -0.39 is 0 Å². The zero-order chi connectivity index (χ0) is 13.0. The van der Waals surface area contributed by atoms with Crippen LogP contribution in [0.15, 0.2) is 24.3 Å². The third-order valence-corrected chi connectivity index (χ3v) is 3.90. The Bertz CT molecular complexity index is 375. The predicted molar refractivity (Wildman–Crippen MR) is 76.2 cm³/mol. The molecule has 1 aliphatic rings. The summed E-state index contributed by atoms with van der Waals surface area (Å²) in [7, 11) is 1.74. The standard InChI is InChI=1S/C16H25NO/c1-12(2)10-17-11-14-7-8-16(14)13-5-4-6-15(9-13)18-3/h4-6,9,12,14,16-17H,7-8,10-11H2,1-3H3. The van der Waals surface area contributed by atoms with E-state index in [0.29, 0.717) is 0 Å². The first kappa shape index (κ1) is 13.4. The van der Waals surface area contributed by atoms with Crippen molar-refractivity contribution in [3.63, 3.8) is 0 Å². The third-order valence-electron chi connectivity index (χ3n) is 3.90. The van der Waals surface area contributed by atoms with E-state index in [9.17, 15) is 0 Å². The number of methoxy groups -OCH3 is 1. The molecule has 0 saturated heterocycles. The van der Waals surface area contributed by atoms with Gasteiger partial charge in [0.15, 0.2) is 0 Å². The van der Waals surface area contributed by atoms with E-state index in [1.54, 1.807) is 7.11 Å². The van der Waals surface area contributed by atoms with Gasteiger partial charge in [0, 0.05) is 0 Å². The van der Waals surface area contributed by atoms with E-state index in [4.69, 9.17) is 4.74 Å². The zero-order valence-corrected chi connectivity index (χ0v) is 11.8. The monoisotopic (exact) mass is 247 g/mol. The van der Waals surface area contributed by atoms with Gasteiger partial charge in [-0.2, -0.15) is 0 Å². The molecule has 0 spiro atoms. The second kappa shape index (κ2) is 6.24. The van der Waals surface area contributed by atoms with Gasteiger partial charge >= 0.3 is 0 Å². The quantitative estimate of drug-likeness (QED) is 0.831. The number of rotatable bonds is 6. The van der Waals surface area contributed by atoms with Gasteiger partial charge < -0.3 is 10.1 Å². The lowest BCUT2D eigenvalue weighted by atomic mass is 9.70. The van der Waals surface area contributed by atoms with Gasteiger partial charge in [-0.3, -0.25) is 0 Å². The fourth-order valence-electron chi connectivity index (χ4n) is 2.68. The average molecular weight is 247 g/mol. The Kier molecular flexibility index (Phi) is 4.65. The molecular weight excluding hydrogens is 222 g/mol. The van der Waals surface area contributed by atoms with Crippen LogP contribution in [-0.2, 0) is 0 Å². The second-order valence-corrected chi connectivity index (χ2v) is 5.77. The summed E-state index contributed by atoms with van der Waals surface area (Å²) in [6.07, 6.45) is 2.67. The molecule has 0 aromatic heterocycles. The predicted octanol–water partition coefficient (Wildman–Crippen LogP) is 3.43. The minimum atomic E-state index is 0.722. The number of ether oxygens (including phenoxy) is 1. The number of benzene rings is 1. The van der Waals surface area contributed by atoms with Crippen LogP contribution >= 0.6 is 0 Å². The minimum Gasteiger partial charge on any atom is -0.497 e. The second-order valence-electron chi connectivity index (χ2n) is 5.77. The van der Waals surface area contributed by atoms with Gasteiger partial charge in [-0.1, -0.05) is 26.0 Å². The fraction of sp³-hybridized carbons (Fsp3) is 0.625. The van der Waals surface area contributed by atoms with E-state index in [2.05, 4.69) is 37.4 Å². The SMILES string of the molecule is COc1cccc(C2CCC2CNCC(C)C)c1. The van der Waals surface area contributed by atoms with Gasteiger partial charge in [-0.25, -0.2) is 0 Å². The van der Waals surface area contributed by atoms with Crippen molar-refractivity contribution in [3.05, 3.63) is 29.8 Å². The first-order chi connectivity index (χ1) is 8.70. The smallest absolute Gasteiger partial charge is 0.119 e. The Morgan fingerprint density at radius 1 is 1.33 bits per heavy atom. The molecule has 2 atom stereocenters. The normalized spacial score (nSPS) is 22.9. The van der Waals surface area contributed by atoms with Crippen LogP contribution in [0.1, 0.15) is 38.2 Å². The molecule has 18 heavy (non-hydrogen) atoms. The summed E-state index contributed by atoms with van der Waals surface area (Å²) in [5.74, 6) is 3.24. The Morgan fingerprint density at radius 2 is 2.17 bits per heavy atom. The molecule has 2 heteroatoms. The van der Waals surface area contributed by atoms with E-state index in [-0.39, 0.29) is 0 Å². The molecule has 0 heterocycles. The van der Waals surface area contributed by atoms with Gasteiger partial charge in [-0.15, -0.1) is 0 Å². The first-order valence-corrected chi connectivity index (χ1v) is 7.05. The average Bonchev–Trinajstić information content (AvgIpc) is 2.33. The molecule has 1 aliphatic carbocycles. The van der Waals surface area contributed by atoms with E-state index in [1.165, 1.54) is 18.4 Å². The number of hydrogen-bond acceptors (Lipinski definition) is 2. The maximum atomic E-state index is 5.31. The van der Waals surface area contributed by atoms with Crippen LogP contribution in [0.5, 0.6) is 5.75 Å². The Morgan fingerprint density at radius 3 is 2.78 bits per heavy atom. The summed E-state index contributed by atoms with van der Waals surface area (Å²) in [6, 6.07) is 8.56. The summed E-state index contributed by atoms with van der Waals surface area (Å²) in [4.78, 5) is 0. The number of nitrogens with one attached hydrogen (secondary N) is 1. The van der Waals surface area contributed by atoms with Crippen LogP contribution in [0.25, 0.3) is 0 Å². The molecule has 2 nitrogen and oxygen atoms in total. The molecule has 0 amide bonds. The maximum absolute atomic E-state index is 5.31. The van der Waals surface area contributed by atoms with Crippen molar-refractivity contribution in [2.75, 3.05) is 20.2 Å². The maximum Gasteiger partial charge on any atom is 0.119 e. The Hall–Kier alpha value is -1.02. The minimum absolute atomic E-state index is 0.722. The van der Waals surface area contributed by atoms with Gasteiger partial charge in [0.1, 0.15) is 5.75 Å². The van der Waals surface area contributed by atoms with Crippen molar-refractivity contribution >= 4 is 0 Å². The number of hydrogen-bond donors (Lipinski definition) is 1. The molecule has 0 radical (unpaired) electrons. The first-order valence-electron chi connectivity index (χ1n) is 7.05. The van der Waals surface area contributed by atoms with Crippen molar-refractivity contribution in [3.8, 4) is 5.75 Å². The molecular formula is C16H25NO. The van der Waals surface area contributed by atoms with E-state index in [0.717, 1.165) is 36.6 Å². The van der Waals surface area contributed by atoms with E-state index in [1.807, 2.05) is 6.07 Å². The summed E-state index contributed by atoms with van der Waals surface area (Å²) < 4.78 is 5.31. The largest absolute Gasteiger partial charge is 0.497 e. The van der Waals surface area contributed by atoms with Crippen LogP contribution in [0, 0.1) is 11.8 Å². The van der Waals surface area contributed by atoms with Crippen LogP contribution in [0.4, 0.5) is 0 Å². The lowest BCUT2D eigenvalue weighted by Gasteiger charge is -2.37. The van der Waals surface area contributed by atoms with Crippen LogP contribution in [0.3, 0.4) is 0 Å². The summed E-state index contributed by atoms with van der Waals surface area (Å²) in [6.45, 7) is 6.79. The van der Waals surface area contributed by atoms with Gasteiger partial charge in [-0.05, 0) is 61.4 Å². The molecule has 1 aromatic rings. The Balaban J connectivity index is 1.88. The molecule has 100 valence electrons. The molecule has 0 aliphatic heterocycles. The van der Waals surface area contributed by atoms with Crippen LogP contribution in [-0.4, -0.2) is 20.2 Å². The van der Waals surface area contributed by atoms with E-state index >= 15 is 0 Å². The molecule has 1 saturated carbocycles. The van der Waals surface area contributed by atoms with Crippen molar-refractivity contribution in [2.24, 2.45) is 11.8 Å². The zero-order valence-electron chi connectivity index (χ0n) is 11.8. The molecule has 1 aromatic carbocycles. The summed E-state index contributed by atoms with van der Waals surface area (Å²) in [5.41, 5.74) is 1.44. The highest BCUT2D eigenvalue weighted by atomic mass is 16.5. The van der Waals surface area contributed by atoms with Gasteiger partial charge in [0.25, 0.3) is 0 Å². The molecule has 1 fully saturated rings. The van der Waals surface area contributed by atoms with Crippen molar-refractivity contribution in [2.45, 2.75) is 32.6 Å². The van der Waals surface area contributed by atoms with Gasteiger partial charge in [0.2, 0.25) is 0 Å². The molecule has 2 rings (SSSR count). The van der Waals surface area contributed by atoms with Crippen molar-refractivity contribution < 1.29 is 4.74 Å². The molecule has 2 unspecified atom stereocenters. The van der Waals surface area contributed by atoms with Crippen molar-refractivity contribution in [1.82, 2.24) is 5.32 Å².